The van der Waals surface area contributed by atoms with Crippen LogP contribution in [0.5, 0.6) is 0 Å². The molecule has 0 amide bonds. The highest BCUT2D eigenvalue weighted by molar-refractivity contribution is 6.88. The molecule has 1 fully saturated rings. The molecule has 3 heteroatoms. The van der Waals surface area contributed by atoms with Crippen molar-refractivity contribution in [2.75, 3.05) is 19.6 Å². The molecule has 3 atom stereocenters. The van der Waals surface area contributed by atoms with E-state index in [2.05, 4.69) is 69.6 Å². The summed E-state index contributed by atoms with van der Waals surface area (Å²) in [6.45, 7) is 17.3. The molecule has 0 aromatic heterocycles. The van der Waals surface area contributed by atoms with Gasteiger partial charge in [0.15, 0.2) is 0 Å². The zero-order valence-electron chi connectivity index (χ0n) is 15.2. The average molecular weight is 320 g/mol. The summed E-state index contributed by atoms with van der Waals surface area (Å²) < 4.78 is 5.82. The Balaban J connectivity index is 1.87. The van der Waals surface area contributed by atoms with Crippen molar-refractivity contribution in [1.29, 1.82) is 0 Å². The number of rotatable bonds is 5. The summed E-state index contributed by atoms with van der Waals surface area (Å²) in [7, 11) is -1.17. The van der Waals surface area contributed by atoms with Crippen LogP contribution >= 0.6 is 0 Å². The molecule has 1 aliphatic rings. The molecule has 124 valence electrons. The molecule has 0 saturated carbocycles. The smallest absolute Gasteiger partial charge is 0.0775 e. The summed E-state index contributed by atoms with van der Waals surface area (Å²) in [5.41, 5.74) is 1.48. The fourth-order valence-corrected chi connectivity index (χ4v) is 4.65. The number of hydrogen-bond donors (Lipinski definition) is 0. The lowest BCUT2D eigenvalue weighted by atomic mass is 10.00. The quantitative estimate of drug-likeness (QED) is 0.770. The highest BCUT2D eigenvalue weighted by atomic mass is 28.3. The Bertz CT molecular complexity index is 455. The molecule has 1 aromatic carbocycles. The number of hydrogen-bond acceptors (Lipinski definition) is 2. The second-order valence-corrected chi connectivity index (χ2v) is 13.3. The monoisotopic (exact) mass is 319 g/mol. The molecule has 1 aliphatic heterocycles. The zero-order valence-corrected chi connectivity index (χ0v) is 16.2. The van der Waals surface area contributed by atoms with Crippen LogP contribution in [0, 0.1) is 5.92 Å². The van der Waals surface area contributed by atoms with Crippen molar-refractivity contribution in [3.8, 4) is 0 Å². The van der Waals surface area contributed by atoms with Crippen LogP contribution in [0.4, 0.5) is 0 Å². The largest absolute Gasteiger partial charge is 0.373 e. The molecule has 0 bridgehead atoms. The van der Waals surface area contributed by atoms with E-state index in [0.717, 1.165) is 13.1 Å². The van der Waals surface area contributed by atoms with Gasteiger partial charge in [0.2, 0.25) is 0 Å². The molecule has 22 heavy (non-hydrogen) atoms. The maximum atomic E-state index is 5.82. The van der Waals surface area contributed by atoms with E-state index in [-0.39, 0.29) is 0 Å². The fourth-order valence-electron chi connectivity index (χ4n) is 3.48. The van der Waals surface area contributed by atoms with E-state index in [9.17, 15) is 0 Å². The first-order valence-electron chi connectivity index (χ1n) is 8.71. The van der Waals surface area contributed by atoms with Crippen LogP contribution in [0.3, 0.4) is 0 Å². The molecule has 1 saturated heterocycles. The van der Waals surface area contributed by atoms with Crippen molar-refractivity contribution < 1.29 is 4.74 Å². The second-order valence-electron chi connectivity index (χ2n) is 8.23. The Hall–Kier alpha value is -0.643. The van der Waals surface area contributed by atoms with E-state index in [1.54, 1.807) is 5.19 Å². The van der Waals surface area contributed by atoms with E-state index in [1.165, 1.54) is 18.5 Å². The number of morpholine rings is 1. The second kappa shape index (κ2) is 7.29. The lowest BCUT2D eigenvalue weighted by molar-refractivity contribution is -0.0708. The van der Waals surface area contributed by atoms with Crippen LogP contribution in [-0.4, -0.2) is 44.8 Å². The van der Waals surface area contributed by atoms with Crippen LogP contribution in [0.1, 0.15) is 26.3 Å². The summed E-state index contributed by atoms with van der Waals surface area (Å²) >= 11 is 0. The van der Waals surface area contributed by atoms with E-state index in [0.29, 0.717) is 18.1 Å². The lowest BCUT2D eigenvalue weighted by Gasteiger charge is -2.36. The maximum Gasteiger partial charge on any atom is 0.0775 e. The Labute approximate surface area is 137 Å². The average Bonchev–Trinajstić information content (AvgIpc) is 2.36. The van der Waals surface area contributed by atoms with Crippen LogP contribution < -0.4 is 5.19 Å². The maximum absolute atomic E-state index is 5.82. The first kappa shape index (κ1) is 17.7. The highest BCUT2D eigenvalue weighted by Gasteiger charge is 2.23. The van der Waals surface area contributed by atoms with Crippen molar-refractivity contribution >= 4 is 13.3 Å². The van der Waals surface area contributed by atoms with Gasteiger partial charge >= 0.3 is 0 Å². The molecular weight excluding hydrogens is 286 g/mol. The van der Waals surface area contributed by atoms with Gasteiger partial charge in [-0.2, -0.15) is 0 Å². The number of ether oxygens (including phenoxy) is 1. The van der Waals surface area contributed by atoms with Gasteiger partial charge in [-0.15, -0.1) is 0 Å². The highest BCUT2D eigenvalue weighted by Crippen LogP contribution is 2.15. The summed E-state index contributed by atoms with van der Waals surface area (Å²) in [4.78, 5) is 2.57. The van der Waals surface area contributed by atoms with Gasteiger partial charge in [-0.1, -0.05) is 56.0 Å². The third-order valence-corrected chi connectivity index (χ3v) is 6.53. The predicted molar refractivity (Wildman–Crippen MR) is 98.7 cm³/mol. The number of benzene rings is 1. The first-order chi connectivity index (χ1) is 10.2. The molecule has 3 unspecified atom stereocenters. The van der Waals surface area contributed by atoms with E-state index in [1.807, 2.05) is 0 Å². The third-order valence-electron chi connectivity index (χ3n) is 4.47. The number of nitrogens with zero attached hydrogens (tertiary/aromatic N) is 1. The van der Waals surface area contributed by atoms with Gasteiger partial charge < -0.3 is 4.74 Å². The molecule has 1 heterocycles. The molecule has 0 radical (unpaired) electrons. The standard InChI is InChI=1S/C19H33NOSi/c1-15(12-20-13-16(2)21-17(3)14-20)11-18-7-9-19(10-8-18)22(4,5)6/h7-10,15-17H,11-14H2,1-6H3. The molecule has 0 N–H and O–H groups in total. The Morgan fingerprint density at radius 2 is 1.64 bits per heavy atom. The van der Waals surface area contributed by atoms with Gasteiger partial charge in [0.05, 0.1) is 20.3 Å². The van der Waals surface area contributed by atoms with Crippen LogP contribution in [0.2, 0.25) is 19.6 Å². The molecule has 1 aromatic rings. The minimum absolute atomic E-state index is 0.368. The van der Waals surface area contributed by atoms with Crippen molar-refractivity contribution in [3.05, 3.63) is 29.8 Å². The minimum Gasteiger partial charge on any atom is -0.373 e. The molecular formula is C19H33NOSi. The van der Waals surface area contributed by atoms with Gasteiger partial charge in [-0.05, 0) is 31.7 Å². The summed E-state index contributed by atoms with van der Waals surface area (Å²) in [6, 6.07) is 9.39. The van der Waals surface area contributed by atoms with Crippen molar-refractivity contribution in [2.24, 2.45) is 5.92 Å². The Morgan fingerprint density at radius 1 is 1.09 bits per heavy atom. The van der Waals surface area contributed by atoms with Crippen molar-refractivity contribution in [3.63, 3.8) is 0 Å². The van der Waals surface area contributed by atoms with Gasteiger partial charge in [0, 0.05) is 19.6 Å². The summed E-state index contributed by atoms with van der Waals surface area (Å²) in [5.74, 6) is 0.690. The Kier molecular flexibility index (Phi) is 5.86. The summed E-state index contributed by atoms with van der Waals surface area (Å²) in [5, 5.41) is 1.56. The summed E-state index contributed by atoms with van der Waals surface area (Å²) in [6.07, 6.45) is 1.91. The lowest BCUT2D eigenvalue weighted by Crippen LogP contribution is -2.47. The van der Waals surface area contributed by atoms with E-state index >= 15 is 0 Å². The molecule has 2 rings (SSSR count). The normalized spacial score (nSPS) is 25.2. The topological polar surface area (TPSA) is 12.5 Å². The van der Waals surface area contributed by atoms with Crippen molar-refractivity contribution in [1.82, 2.24) is 4.90 Å². The molecule has 2 nitrogen and oxygen atoms in total. The van der Waals surface area contributed by atoms with E-state index < -0.39 is 8.07 Å². The zero-order chi connectivity index (χ0) is 16.3. The van der Waals surface area contributed by atoms with E-state index in [4.69, 9.17) is 4.74 Å². The van der Waals surface area contributed by atoms with Crippen LogP contribution in [0.25, 0.3) is 0 Å². The fraction of sp³-hybridized carbons (Fsp3) is 0.684. The first-order valence-corrected chi connectivity index (χ1v) is 12.2. The third kappa shape index (κ3) is 5.22. The molecule has 0 aliphatic carbocycles. The van der Waals surface area contributed by atoms with Crippen molar-refractivity contribution in [2.45, 2.75) is 59.0 Å². The SMILES string of the molecule is CC(Cc1ccc([Si](C)(C)C)cc1)CN1CC(C)OC(C)C1. The minimum atomic E-state index is -1.17. The molecule has 0 spiro atoms. The van der Waals surface area contributed by atoms with Crippen LogP contribution in [-0.2, 0) is 11.2 Å². The van der Waals surface area contributed by atoms with Crippen LogP contribution in [0.15, 0.2) is 24.3 Å². The van der Waals surface area contributed by atoms with Gasteiger partial charge in [0.1, 0.15) is 0 Å². The van der Waals surface area contributed by atoms with Gasteiger partial charge in [-0.25, -0.2) is 0 Å². The predicted octanol–water partition coefficient (Wildman–Crippen LogP) is 3.52. The Morgan fingerprint density at radius 3 is 2.14 bits per heavy atom. The van der Waals surface area contributed by atoms with Gasteiger partial charge in [-0.3, -0.25) is 4.90 Å². The van der Waals surface area contributed by atoms with Gasteiger partial charge in [0.25, 0.3) is 0 Å².